The Morgan fingerprint density at radius 3 is 2.81 bits per heavy atom. The molecule has 82 valence electrons. The number of hydrogen-bond donors (Lipinski definition) is 3. The lowest BCUT2D eigenvalue weighted by Gasteiger charge is -2.15. The van der Waals surface area contributed by atoms with Crippen LogP contribution in [0.25, 0.3) is 0 Å². The SMILES string of the molecule is NC(=O)Nc1ccc2c(c1)C(=O)NC(=O)C2. The molecule has 0 bridgehead atoms. The third kappa shape index (κ3) is 1.85. The summed E-state index contributed by atoms with van der Waals surface area (Å²) in [5, 5.41) is 4.55. The number of fused-ring (bicyclic) bond motifs is 1. The summed E-state index contributed by atoms with van der Waals surface area (Å²) in [6.45, 7) is 0. The van der Waals surface area contributed by atoms with E-state index in [1.165, 1.54) is 6.07 Å². The van der Waals surface area contributed by atoms with Crippen molar-refractivity contribution in [2.24, 2.45) is 5.73 Å². The standard InChI is InChI=1S/C10H9N3O3/c11-10(16)12-6-2-1-5-3-8(14)13-9(15)7(5)4-6/h1-2,4H,3H2,(H3,11,12,16)(H,13,14,15). The zero-order chi connectivity index (χ0) is 11.7. The lowest BCUT2D eigenvalue weighted by molar-refractivity contribution is -0.119. The largest absolute Gasteiger partial charge is 0.351 e. The third-order valence-corrected chi connectivity index (χ3v) is 2.23. The van der Waals surface area contributed by atoms with E-state index in [2.05, 4.69) is 10.6 Å². The van der Waals surface area contributed by atoms with Gasteiger partial charge in [0.1, 0.15) is 0 Å². The van der Waals surface area contributed by atoms with Crippen molar-refractivity contribution >= 4 is 23.5 Å². The number of primary amides is 1. The number of urea groups is 1. The Balaban J connectivity index is 2.38. The van der Waals surface area contributed by atoms with Crippen molar-refractivity contribution in [3.63, 3.8) is 0 Å². The zero-order valence-electron chi connectivity index (χ0n) is 8.24. The smallest absolute Gasteiger partial charge is 0.316 e. The molecule has 16 heavy (non-hydrogen) atoms. The number of hydrogen-bond acceptors (Lipinski definition) is 3. The molecule has 1 aromatic rings. The second-order valence-electron chi connectivity index (χ2n) is 3.42. The van der Waals surface area contributed by atoms with Gasteiger partial charge in [0.05, 0.1) is 6.42 Å². The van der Waals surface area contributed by atoms with Crippen LogP contribution in [0.3, 0.4) is 0 Å². The highest BCUT2D eigenvalue weighted by atomic mass is 16.2. The van der Waals surface area contributed by atoms with E-state index in [0.717, 1.165) is 0 Å². The molecule has 0 saturated carbocycles. The third-order valence-electron chi connectivity index (χ3n) is 2.23. The molecule has 1 aromatic carbocycles. The number of rotatable bonds is 1. The monoisotopic (exact) mass is 219 g/mol. The second-order valence-corrected chi connectivity index (χ2v) is 3.42. The minimum Gasteiger partial charge on any atom is -0.351 e. The summed E-state index contributed by atoms with van der Waals surface area (Å²) in [6.07, 6.45) is 0.165. The van der Waals surface area contributed by atoms with Crippen molar-refractivity contribution in [3.05, 3.63) is 29.3 Å². The van der Waals surface area contributed by atoms with Crippen LogP contribution in [0.15, 0.2) is 18.2 Å². The maximum Gasteiger partial charge on any atom is 0.316 e. The van der Waals surface area contributed by atoms with E-state index < -0.39 is 11.9 Å². The van der Waals surface area contributed by atoms with E-state index in [0.29, 0.717) is 16.8 Å². The van der Waals surface area contributed by atoms with Crippen molar-refractivity contribution < 1.29 is 14.4 Å². The number of nitrogens with two attached hydrogens (primary N) is 1. The van der Waals surface area contributed by atoms with Gasteiger partial charge in [0.2, 0.25) is 5.91 Å². The van der Waals surface area contributed by atoms with Crippen molar-refractivity contribution in [2.45, 2.75) is 6.42 Å². The average Bonchev–Trinajstić information content (AvgIpc) is 2.18. The molecule has 4 N–H and O–H groups in total. The fraction of sp³-hybridized carbons (Fsp3) is 0.100. The number of carbonyl (C=O) groups is 3. The highest BCUT2D eigenvalue weighted by molar-refractivity contribution is 6.10. The van der Waals surface area contributed by atoms with Gasteiger partial charge < -0.3 is 11.1 Å². The predicted molar refractivity (Wildman–Crippen MR) is 55.8 cm³/mol. The van der Waals surface area contributed by atoms with E-state index >= 15 is 0 Å². The number of anilines is 1. The summed E-state index contributed by atoms with van der Waals surface area (Å²) in [7, 11) is 0. The summed E-state index contributed by atoms with van der Waals surface area (Å²) in [6, 6.07) is 4.00. The number of amides is 4. The Bertz CT molecular complexity index is 496. The maximum atomic E-state index is 11.5. The van der Waals surface area contributed by atoms with Crippen molar-refractivity contribution in [2.75, 3.05) is 5.32 Å². The van der Waals surface area contributed by atoms with Gasteiger partial charge in [0.25, 0.3) is 5.91 Å². The predicted octanol–water partition coefficient (Wildman–Crippen LogP) is -0.0103. The minimum atomic E-state index is -0.702. The highest BCUT2D eigenvalue weighted by Crippen LogP contribution is 2.19. The molecule has 0 spiro atoms. The molecule has 1 aliphatic rings. The quantitative estimate of drug-likeness (QED) is 0.579. The first-order chi connectivity index (χ1) is 7.56. The number of nitrogens with one attached hydrogen (secondary N) is 2. The first-order valence-electron chi connectivity index (χ1n) is 4.60. The van der Waals surface area contributed by atoms with Crippen LogP contribution in [-0.2, 0) is 11.2 Å². The summed E-state index contributed by atoms with van der Waals surface area (Å²) in [4.78, 5) is 33.2. The highest BCUT2D eigenvalue weighted by Gasteiger charge is 2.22. The van der Waals surface area contributed by atoms with Crippen LogP contribution in [-0.4, -0.2) is 17.8 Å². The molecule has 2 rings (SSSR count). The fourth-order valence-corrected chi connectivity index (χ4v) is 1.57. The number of carbonyl (C=O) groups excluding carboxylic acids is 3. The Kier molecular flexibility index (Phi) is 2.32. The Morgan fingerprint density at radius 1 is 1.38 bits per heavy atom. The van der Waals surface area contributed by atoms with Gasteiger partial charge in [-0.15, -0.1) is 0 Å². The lowest BCUT2D eigenvalue weighted by Crippen LogP contribution is -2.37. The average molecular weight is 219 g/mol. The molecule has 0 saturated heterocycles. The van der Waals surface area contributed by atoms with Crippen LogP contribution >= 0.6 is 0 Å². The van der Waals surface area contributed by atoms with E-state index in [1.54, 1.807) is 12.1 Å². The molecule has 1 aliphatic heterocycles. The van der Waals surface area contributed by atoms with Crippen molar-refractivity contribution in [1.82, 2.24) is 5.32 Å². The van der Waals surface area contributed by atoms with Gasteiger partial charge in [-0.2, -0.15) is 0 Å². The van der Waals surface area contributed by atoms with Gasteiger partial charge in [-0.3, -0.25) is 14.9 Å². The van der Waals surface area contributed by atoms with Gasteiger partial charge in [-0.25, -0.2) is 4.79 Å². The molecular weight excluding hydrogens is 210 g/mol. The number of imide groups is 1. The first-order valence-corrected chi connectivity index (χ1v) is 4.60. The molecule has 0 fully saturated rings. The Labute approximate surface area is 90.8 Å². The van der Waals surface area contributed by atoms with Crippen molar-refractivity contribution in [3.8, 4) is 0 Å². The molecular formula is C10H9N3O3. The Hall–Kier alpha value is -2.37. The molecule has 6 nitrogen and oxygen atoms in total. The van der Waals surface area contributed by atoms with Gasteiger partial charge in [-0.05, 0) is 17.7 Å². The van der Waals surface area contributed by atoms with E-state index in [-0.39, 0.29) is 12.3 Å². The molecule has 0 aliphatic carbocycles. The van der Waals surface area contributed by atoms with Crippen molar-refractivity contribution in [1.29, 1.82) is 0 Å². The van der Waals surface area contributed by atoms with Gasteiger partial charge in [0.15, 0.2) is 0 Å². The summed E-state index contributed by atoms with van der Waals surface area (Å²) >= 11 is 0. The topological polar surface area (TPSA) is 101 Å². The molecule has 0 radical (unpaired) electrons. The second kappa shape index (κ2) is 3.65. The van der Waals surface area contributed by atoms with Crippen LogP contribution in [0.2, 0.25) is 0 Å². The summed E-state index contributed by atoms with van der Waals surface area (Å²) in [5.41, 5.74) is 6.40. The van der Waals surface area contributed by atoms with Crippen LogP contribution in [0.4, 0.5) is 10.5 Å². The zero-order valence-corrected chi connectivity index (χ0v) is 8.24. The fourth-order valence-electron chi connectivity index (χ4n) is 1.57. The minimum absolute atomic E-state index is 0.165. The molecule has 6 heteroatoms. The normalized spacial score (nSPS) is 14.0. The molecule has 0 unspecified atom stereocenters. The van der Waals surface area contributed by atoms with Gasteiger partial charge >= 0.3 is 6.03 Å². The maximum absolute atomic E-state index is 11.5. The Morgan fingerprint density at radius 2 is 2.12 bits per heavy atom. The first kappa shape index (κ1) is 10.2. The van der Waals surface area contributed by atoms with Crippen LogP contribution in [0.1, 0.15) is 15.9 Å². The van der Waals surface area contributed by atoms with Gasteiger partial charge in [0, 0.05) is 11.3 Å². The molecule has 0 aromatic heterocycles. The molecule has 0 atom stereocenters. The molecule has 1 heterocycles. The van der Waals surface area contributed by atoms with Crippen LogP contribution in [0, 0.1) is 0 Å². The summed E-state index contributed by atoms with van der Waals surface area (Å²) < 4.78 is 0. The van der Waals surface area contributed by atoms with E-state index in [1.807, 2.05) is 0 Å². The van der Waals surface area contributed by atoms with E-state index in [4.69, 9.17) is 5.73 Å². The van der Waals surface area contributed by atoms with E-state index in [9.17, 15) is 14.4 Å². The number of benzene rings is 1. The molecule has 4 amide bonds. The van der Waals surface area contributed by atoms with Gasteiger partial charge in [-0.1, -0.05) is 6.07 Å². The summed E-state index contributed by atoms with van der Waals surface area (Å²) in [5.74, 6) is -0.785. The van der Waals surface area contributed by atoms with Crippen LogP contribution in [0.5, 0.6) is 0 Å². The lowest BCUT2D eigenvalue weighted by atomic mass is 9.99. The van der Waals surface area contributed by atoms with Crippen LogP contribution < -0.4 is 16.4 Å².